The van der Waals surface area contributed by atoms with Gasteiger partial charge in [-0.15, -0.1) is 0 Å². The van der Waals surface area contributed by atoms with Crippen molar-refractivity contribution in [3.63, 3.8) is 0 Å². The number of allylic oxidation sites excluding steroid dienone is 1. The van der Waals surface area contributed by atoms with Crippen molar-refractivity contribution < 1.29 is 5.11 Å². The molecule has 0 amide bonds. The van der Waals surface area contributed by atoms with E-state index >= 15 is 0 Å². The third-order valence-corrected chi connectivity index (χ3v) is 4.41. The summed E-state index contributed by atoms with van der Waals surface area (Å²) in [5.41, 5.74) is 0.156. The van der Waals surface area contributed by atoms with Crippen molar-refractivity contribution in [3.05, 3.63) is 11.4 Å². The quantitative estimate of drug-likeness (QED) is 0.729. The second-order valence-electron chi connectivity index (χ2n) is 5.88. The molecule has 1 N–H and O–H groups in total. The fourth-order valence-corrected chi connectivity index (χ4v) is 3.32. The average molecular weight is 303 g/mol. The molecule has 6 heteroatoms. The highest BCUT2D eigenvalue weighted by Gasteiger charge is 2.27. The number of nitriles is 2. The maximum atomic E-state index is 9.17. The SMILES string of the molecule is N#CC(C#N)=C1N(CCO)CCN1CCCN1CCCCC1. The predicted octanol–water partition coefficient (Wildman–Crippen LogP) is 0.731. The summed E-state index contributed by atoms with van der Waals surface area (Å²) in [5.74, 6) is 0.706. The molecule has 6 nitrogen and oxygen atoms in total. The molecule has 2 saturated heterocycles. The molecule has 0 radical (unpaired) electrons. The number of hydrogen-bond donors (Lipinski definition) is 1. The lowest BCUT2D eigenvalue weighted by molar-refractivity contribution is 0.211. The molecule has 2 rings (SSSR count). The summed E-state index contributed by atoms with van der Waals surface area (Å²) in [5, 5.41) is 27.5. The van der Waals surface area contributed by atoms with E-state index in [4.69, 9.17) is 15.6 Å². The van der Waals surface area contributed by atoms with Gasteiger partial charge in [0.05, 0.1) is 6.61 Å². The summed E-state index contributed by atoms with van der Waals surface area (Å²) in [7, 11) is 0. The Balaban J connectivity index is 1.92. The molecule has 2 aliphatic rings. The highest BCUT2D eigenvalue weighted by molar-refractivity contribution is 5.40. The van der Waals surface area contributed by atoms with E-state index in [9.17, 15) is 0 Å². The minimum absolute atomic E-state index is 0.0370. The predicted molar refractivity (Wildman–Crippen MR) is 83.4 cm³/mol. The van der Waals surface area contributed by atoms with E-state index < -0.39 is 0 Å². The number of nitrogens with zero attached hydrogens (tertiary/aromatic N) is 5. The van der Waals surface area contributed by atoms with Gasteiger partial charge in [0.1, 0.15) is 18.0 Å². The second-order valence-corrected chi connectivity index (χ2v) is 5.88. The number of β-amino-alcohol motifs (C(OH)–C–C–N with tert-alkyl or cyclic N) is 1. The Morgan fingerprint density at radius 1 is 0.909 bits per heavy atom. The van der Waals surface area contributed by atoms with Gasteiger partial charge in [-0.05, 0) is 38.9 Å². The molecule has 0 aromatic carbocycles. The Kier molecular flexibility index (Phi) is 6.51. The fourth-order valence-electron chi connectivity index (χ4n) is 3.32. The first-order chi connectivity index (χ1) is 10.8. The lowest BCUT2D eigenvalue weighted by Crippen LogP contribution is -2.33. The molecule has 0 atom stereocenters. The third-order valence-electron chi connectivity index (χ3n) is 4.41. The third kappa shape index (κ3) is 4.13. The maximum Gasteiger partial charge on any atom is 0.169 e. The van der Waals surface area contributed by atoms with Gasteiger partial charge < -0.3 is 19.8 Å². The topological polar surface area (TPSA) is 77.5 Å². The van der Waals surface area contributed by atoms with E-state index in [1.54, 1.807) is 0 Å². The zero-order valence-corrected chi connectivity index (χ0v) is 13.2. The van der Waals surface area contributed by atoms with Gasteiger partial charge in [0.15, 0.2) is 5.57 Å². The van der Waals surface area contributed by atoms with Crippen molar-refractivity contribution in [2.75, 3.05) is 52.4 Å². The van der Waals surface area contributed by atoms with Crippen molar-refractivity contribution >= 4 is 0 Å². The number of hydrogen-bond acceptors (Lipinski definition) is 6. The number of piperidine rings is 1. The van der Waals surface area contributed by atoms with Crippen molar-refractivity contribution in [1.29, 1.82) is 10.5 Å². The molecule has 0 aromatic rings. The molecule has 0 aromatic heterocycles. The van der Waals surface area contributed by atoms with Gasteiger partial charge in [0, 0.05) is 26.2 Å². The molecule has 0 spiro atoms. The lowest BCUT2D eigenvalue weighted by atomic mass is 10.1. The second kappa shape index (κ2) is 8.63. The summed E-state index contributed by atoms with van der Waals surface area (Å²) in [6, 6.07) is 3.99. The summed E-state index contributed by atoms with van der Waals surface area (Å²) >= 11 is 0. The van der Waals surface area contributed by atoms with Crippen LogP contribution in [0.3, 0.4) is 0 Å². The normalized spacial score (nSPS) is 19.1. The van der Waals surface area contributed by atoms with Crippen molar-refractivity contribution in [1.82, 2.24) is 14.7 Å². The minimum Gasteiger partial charge on any atom is -0.395 e. The van der Waals surface area contributed by atoms with Crippen LogP contribution in [-0.2, 0) is 0 Å². The molecule has 2 aliphatic heterocycles. The van der Waals surface area contributed by atoms with Crippen LogP contribution in [0.2, 0.25) is 0 Å². The molecular formula is C16H25N5O. The molecular weight excluding hydrogens is 278 g/mol. The highest BCUT2D eigenvalue weighted by Crippen LogP contribution is 2.22. The van der Waals surface area contributed by atoms with Crippen LogP contribution in [0.1, 0.15) is 25.7 Å². The van der Waals surface area contributed by atoms with Gasteiger partial charge in [-0.3, -0.25) is 0 Å². The van der Waals surface area contributed by atoms with Crippen LogP contribution >= 0.6 is 0 Å². The van der Waals surface area contributed by atoms with Crippen LogP contribution < -0.4 is 0 Å². The van der Waals surface area contributed by atoms with E-state index in [0.29, 0.717) is 12.4 Å². The number of aliphatic hydroxyl groups is 1. The highest BCUT2D eigenvalue weighted by atomic mass is 16.3. The Labute approximate surface area is 132 Å². The van der Waals surface area contributed by atoms with Gasteiger partial charge in [0.2, 0.25) is 0 Å². The molecule has 120 valence electrons. The molecule has 0 bridgehead atoms. The Bertz CT molecular complexity index is 454. The Morgan fingerprint density at radius 2 is 1.55 bits per heavy atom. The summed E-state index contributed by atoms with van der Waals surface area (Å²) in [4.78, 5) is 6.58. The first-order valence-electron chi connectivity index (χ1n) is 8.17. The lowest BCUT2D eigenvalue weighted by Gasteiger charge is -2.28. The monoisotopic (exact) mass is 303 g/mol. The van der Waals surface area contributed by atoms with E-state index in [2.05, 4.69) is 9.80 Å². The summed E-state index contributed by atoms with van der Waals surface area (Å²) in [6.07, 6.45) is 4.98. The standard InChI is InChI=1S/C16H25N5O/c17-13-15(14-18)16-20(9-10-21(16)11-12-22)8-4-7-19-5-2-1-3-6-19/h22H,1-12H2. The van der Waals surface area contributed by atoms with E-state index in [1.165, 1.54) is 32.4 Å². The van der Waals surface area contributed by atoms with Gasteiger partial charge in [-0.2, -0.15) is 10.5 Å². The maximum absolute atomic E-state index is 9.17. The first-order valence-corrected chi connectivity index (χ1v) is 8.17. The minimum atomic E-state index is 0.0370. The summed E-state index contributed by atoms with van der Waals surface area (Å²) < 4.78 is 0. The molecule has 2 fully saturated rings. The average Bonchev–Trinajstić information content (AvgIpc) is 2.93. The molecule has 22 heavy (non-hydrogen) atoms. The van der Waals surface area contributed by atoms with Gasteiger partial charge >= 0.3 is 0 Å². The number of aliphatic hydroxyl groups excluding tert-OH is 1. The zero-order valence-electron chi connectivity index (χ0n) is 13.2. The van der Waals surface area contributed by atoms with Gasteiger partial charge in [0.25, 0.3) is 0 Å². The number of rotatable bonds is 6. The van der Waals surface area contributed by atoms with E-state index in [0.717, 1.165) is 32.6 Å². The van der Waals surface area contributed by atoms with Crippen molar-refractivity contribution in [3.8, 4) is 12.1 Å². The summed E-state index contributed by atoms with van der Waals surface area (Å²) in [6.45, 7) is 6.44. The van der Waals surface area contributed by atoms with Gasteiger partial charge in [-0.25, -0.2) is 0 Å². The van der Waals surface area contributed by atoms with Gasteiger partial charge in [-0.1, -0.05) is 6.42 Å². The van der Waals surface area contributed by atoms with Crippen LogP contribution in [0, 0.1) is 22.7 Å². The smallest absolute Gasteiger partial charge is 0.169 e. The van der Waals surface area contributed by atoms with Crippen LogP contribution in [0.15, 0.2) is 11.4 Å². The Hall–Kier alpha value is -1.76. The largest absolute Gasteiger partial charge is 0.395 e. The molecule has 2 heterocycles. The van der Waals surface area contributed by atoms with Crippen LogP contribution in [0.25, 0.3) is 0 Å². The van der Waals surface area contributed by atoms with Crippen LogP contribution in [0.5, 0.6) is 0 Å². The Morgan fingerprint density at radius 3 is 2.14 bits per heavy atom. The van der Waals surface area contributed by atoms with Crippen LogP contribution in [0.4, 0.5) is 0 Å². The van der Waals surface area contributed by atoms with Crippen LogP contribution in [-0.4, -0.2) is 72.2 Å². The zero-order chi connectivity index (χ0) is 15.8. The van der Waals surface area contributed by atoms with E-state index in [1.807, 2.05) is 17.0 Å². The van der Waals surface area contributed by atoms with Crippen molar-refractivity contribution in [2.45, 2.75) is 25.7 Å². The van der Waals surface area contributed by atoms with Crippen molar-refractivity contribution in [2.24, 2.45) is 0 Å². The fraction of sp³-hybridized carbons (Fsp3) is 0.750. The number of likely N-dealkylation sites (tertiary alicyclic amines) is 1. The van der Waals surface area contributed by atoms with E-state index in [-0.39, 0.29) is 12.2 Å². The first kappa shape index (κ1) is 16.6. The molecule has 0 unspecified atom stereocenters. The molecule has 0 aliphatic carbocycles. The molecule has 0 saturated carbocycles.